The van der Waals surface area contributed by atoms with Crippen LogP contribution < -0.4 is 9.64 Å². The number of rotatable bonds is 8. The highest BCUT2D eigenvalue weighted by molar-refractivity contribution is 9.10. The molecule has 0 atom stereocenters. The van der Waals surface area contributed by atoms with E-state index in [2.05, 4.69) is 27.8 Å². The van der Waals surface area contributed by atoms with Crippen molar-refractivity contribution in [1.29, 1.82) is 0 Å². The molecule has 1 aliphatic rings. The fourth-order valence-corrected chi connectivity index (χ4v) is 2.25. The van der Waals surface area contributed by atoms with E-state index < -0.39 is 5.97 Å². The summed E-state index contributed by atoms with van der Waals surface area (Å²) in [5, 5.41) is 0. The van der Waals surface area contributed by atoms with Gasteiger partial charge in [-0.3, -0.25) is 14.5 Å². The highest BCUT2D eigenvalue weighted by Crippen LogP contribution is 2.31. The molecular formula is C15H19BrN2O5. The number of esters is 1. The first kappa shape index (κ1) is 17.7. The van der Waals surface area contributed by atoms with Crippen molar-refractivity contribution in [2.45, 2.75) is 19.8 Å². The fourth-order valence-electron chi connectivity index (χ4n) is 1.95. The van der Waals surface area contributed by atoms with Crippen molar-refractivity contribution >= 4 is 33.6 Å². The highest BCUT2D eigenvalue weighted by atomic mass is 79.9. The quantitative estimate of drug-likeness (QED) is 0.385. The van der Waals surface area contributed by atoms with Gasteiger partial charge in [-0.15, -0.1) is 0 Å². The molecule has 8 heteroatoms. The number of halogens is 1. The van der Waals surface area contributed by atoms with Crippen LogP contribution in [0.3, 0.4) is 0 Å². The number of anilines is 1. The molecule has 1 aromatic heterocycles. The second-order valence-electron chi connectivity index (χ2n) is 4.91. The lowest BCUT2D eigenvalue weighted by Crippen LogP contribution is -2.43. The Kier molecular flexibility index (Phi) is 6.79. The minimum Gasteiger partial charge on any atom is -0.480 e. The van der Waals surface area contributed by atoms with Crippen LogP contribution in [0, 0.1) is 0 Å². The lowest BCUT2D eigenvalue weighted by molar-refractivity contribution is -0.144. The average Bonchev–Trinajstić information content (AvgIpc) is 2.53. The van der Waals surface area contributed by atoms with Crippen LogP contribution in [-0.4, -0.2) is 49.8 Å². The van der Waals surface area contributed by atoms with Crippen molar-refractivity contribution in [3.05, 3.63) is 16.7 Å². The summed E-state index contributed by atoms with van der Waals surface area (Å²) < 4.78 is 16.2. The predicted molar refractivity (Wildman–Crippen MR) is 86.5 cm³/mol. The number of ether oxygens (including phenoxy) is 3. The van der Waals surface area contributed by atoms with E-state index in [1.807, 2.05) is 0 Å². The summed E-state index contributed by atoms with van der Waals surface area (Å²) in [4.78, 5) is 29.3. The van der Waals surface area contributed by atoms with Gasteiger partial charge >= 0.3 is 5.97 Å². The number of hydrogen-bond donors (Lipinski definition) is 0. The number of aromatic nitrogens is 1. The second-order valence-corrected chi connectivity index (χ2v) is 5.72. The Hall–Kier alpha value is -1.67. The number of pyridine rings is 1. The van der Waals surface area contributed by atoms with E-state index in [4.69, 9.17) is 14.2 Å². The van der Waals surface area contributed by atoms with Gasteiger partial charge < -0.3 is 14.2 Å². The molecule has 0 radical (unpaired) electrons. The molecule has 0 unspecified atom stereocenters. The van der Waals surface area contributed by atoms with Crippen molar-refractivity contribution in [3.63, 3.8) is 0 Å². The molecule has 0 N–H and O–H groups in total. The van der Waals surface area contributed by atoms with Crippen LogP contribution >= 0.6 is 15.9 Å². The number of fused-ring (bicyclic) bond motifs is 1. The topological polar surface area (TPSA) is 78.0 Å². The van der Waals surface area contributed by atoms with Crippen molar-refractivity contribution < 1.29 is 23.8 Å². The van der Waals surface area contributed by atoms with Crippen LogP contribution in [0.5, 0.6) is 5.75 Å². The highest BCUT2D eigenvalue weighted by Gasteiger charge is 2.29. The van der Waals surface area contributed by atoms with Gasteiger partial charge in [-0.05, 0) is 34.5 Å². The number of amides is 1. The van der Waals surface area contributed by atoms with E-state index in [-0.39, 0.29) is 25.7 Å². The Morgan fingerprint density at radius 3 is 3.00 bits per heavy atom. The van der Waals surface area contributed by atoms with Crippen LogP contribution in [0.1, 0.15) is 19.8 Å². The Bertz CT molecular complexity index is 567. The van der Waals surface area contributed by atoms with E-state index in [9.17, 15) is 9.59 Å². The molecule has 0 fully saturated rings. The van der Waals surface area contributed by atoms with E-state index in [0.717, 1.165) is 12.8 Å². The Labute approximate surface area is 143 Å². The molecule has 0 aromatic carbocycles. The Balaban J connectivity index is 1.86. The maximum Gasteiger partial charge on any atom is 0.326 e. The van der Waals surface area contributed by atoms with Crippen LogP contribution in [0.4, 0.5) is 5.82 Å². The smallest absolute Gasteiger partial charge is 0.326 e. The van der Waals surface area contributed by atoms with Crippen molar-refractivity contribution in [1.82, 2.24) is 4.98 Å². The van der Waals surface area contributed by atoms with Crippen LogP contribution in [0.2, 0.25) is 0 Å². The zero-order chi connectivity index (χ0) is 16.7. The summed E-state index contributed by atoms with van der Waals surface area (Å²) in [5.41, 5.74) is 0. The third-order valence-electron chi connectivity index (χ3n) is 3.13. The van der Waals surface area contributed by atoms with Crippen molar-refractivity contribution in [3.8, 4) is 5.75 Å². The normalized spacial score (nSPS) is 13.5. The molecule has 1 amide bonds. The maximum atomic E-state index is 12.0. The first-order valence-corrected chi connectivity index (χ1v) is 8.24. The first-order valence-electron chi connectivity index (χ1n) is 7.45. The molecule has 2 rings (SSSR count). The van der Waals surface area contributed by atoms with Crippen LogP contribution in [0.25, 0.3) is 0 Å². The molecule has 0 saturated carbocycles. The van der Waals surface area contributed by atoms with Gasteiger partial charge in [0.05, 0.1) is 6.61 Å². The molecule has 0 aliphatic carbocycles. The van der Waals surface area contributed by atoms with Gasteiger partial charge in [0.1, 0.15) is 17.8 Å². The van der Waals surface area contributed by atoms with Gasteiger partial charge in [0.15, 0.2) is 18.2 Å². The summed E-state index contributed by atoms with van der Waals surface area (Å²) in [6, 6.07) is 3.40. The second kappa shape index (κ2) is 8.83. The standard InChI is InChI=1S/C15H19BrN2O5/c1-2-3-6-21-7-8-22-14(20)9-18-13(19)10-23-11-4-5-12(16)17-15(11)18/h4-5H,2-3,6-10H2,1H3. The first-order chi connectivity index (χ1) is 11.1. The molecule has 1 aliphatic heterocycles. The maximum absolute atomic E-state index is 12.0. The van der Waals surface area contributed by atoms with Crippen LogP contribution in [0.15, 0.2) is 16.7 Å². The lowest BCUT2D eigenvalue weighted by atomic mass is 10.3. The largest absolute Gasteiger partial charge is 0.480 e. The van der Waals surface area contributed by atoms with E-state index in [1.54, 1.807) is 12.1 Å². The third kappa shape index (κ3) is 5.18. The minimum atomic E-state index is -0.507. The van der Waals surface area contributed by atoms with Crippen molar-refractivity contribution in [2.75, 3.05) is 37.9 Å². The SMILES string of the molecule is CCCCOCCOC(=O)CN1C(=O)COc2ccc(Br)nc21. The van der Waals surface area contributed by atoms with Gasteiger partial charge in [0.25, 0.3) is 5.91 Å². The number of carbonyl (C=O) groups excluding carboxylic acids is 2. The average molecular weight is 387 g/mol. The molecule has 0 bridgehead atoms. The number of unbranched alkanes of at least 4 members (excludes halogenated alkanes) is 1. The number of hydrogen-bond acceptors (Lipinski definition) is 6. The molecule has 0 spiro atoms. The zero-order valence-electron chi connectivity index (χ0n) is 12.9. The van der Waals surface area contributed by atoms with Gasteiger partial charge in [-0.2, -0.15) is 0 Å². The molecule has 126 valence electrons. The predicted octanol–water partition coefficient (Wildman–Crippen LogP) is 1.93. The Morgan fingerprint density at radius 1 is 1.39 bits per heavy atom. The summed E-state index contributed by atoms with van der Waals surface area (Å²) >= 11 is 3.24. The molecule has 2 heterocycles. The third-order valence-corrected chi connectivity index (χ3v) is 3.58. The summed E-state index contributed by atoms with van der Waals surface area (Å²) in [5.74, 6) is -0.0680. The van der Waals surface area contributed by atoms with Gasteiger partial charge in [0, 0.05) is 6.61 Å². The monoisotopic (exact) mass is 386 g/mol. The summed E-state index contributed by atoms with van der Waals surface area (Å²) in [7, 11) is 0. The fraction of sp³-hybridized carbons (Fsp3) is 0.533. The minimum absolute atomic E-state index is 0.121. The Morgan fingerprint density at radius 2 is 2.22 bits per heavy atom. The lowest BCUT2D eigenvalue weighted by Gasteiger charge is -2.27. The van der Waals surface area contributed by atoms with Gasteiger partial charge in [-0.1, -0.05) is 13.3 Å². The van der Waals surface area contributed by atoms with Crippen LogP contribution in [-0.2, 0) is 19.1 Å². The van der Waals surface area contributed by atoms with E-state index >= 15 is 0 Å². The number of nitrogens with zero attached hydrogens (tertiary/aromatic N) is 2. The zero-order valence-corrected chi connectivity index (χ0v) is 14.5. The van der Waals surface area contributed by atoms with Gasteiger partial charge in [0.2, 0.25) is 0 Å². The molecule has 23 heavy (non-hydrogen) atoms. The number of carbonyl (C=O) groups is 2. The van der Waals surface area contributed by atoms with Crippen molar-refractivity contribution in [2.24, 2.45) is 0 Å². The molecule has 7 nitrogen and oxygen atoms in total. The molecule has 1 aromatic rings. The molecule has 0 saturated heterocycles. The molecular weight excluding hydrogens is 368 g/mol. The summed E-state index contributed by atoms with van der Waals surface area (Å²) in [6.07, 6.45) is 2.04. The summed E-state index contributed by atoms with van der Waals surface area (Å²) in [6.45, 7) is 2.93. The van der Waals surface area contributed by atoms with Gasteiger partial charge in [-0.25, -0.2) is 4.98 Å². The van der Waals surface area contributed by atoms with E-state index in [0.29, 0.717) is 29.4 Å². The van der Waals surface area contributed by atoms with E-state index in [1.165, 1.54) is 4.90 Å².